The van der Waals surface area contributed by atoms with Crippen molar-refractivity contribution in [3.8, 4) is 0 Å². The van der Waals surface area contributed by atoms with Crippen LogP contribution in [0.15, 0.2) is 24.3 Å². The molecule has 0 nitrogen and oxygen atoms in total. The molecule has 0 aliphatic carbocycles. The summed E-state index contributed by atoms with van der Waals surface area (Å²) in [4.78, 5) is 0. The fourth-order valence-electron chi connectivity index (χ4n) is 1.64. The van der Waals surface area contributed by atoms with Crippen LogP contribution in [0.1, 0.15) is 44.6 Å². The smallest absolute Gasteiger partial charge is 0.126 e. The monoisotopic (exact) mass is 207 g/mol. The van der Waals surface area contributed by atoms with Gasteiger partial charge < -0.3 is 0 Å². The molecular formula is C14H20F. The first-order valence-electron chi connectivity index (χ1n) is 5.89. The summed E-state index contributed by atoms with van der Waals surface area (Å²) in [6.45, 7) is 2.21. The highest BCUT2D eigenvalue weighted by Gasteiger charge is 1.99. The molecule has 0 amide bonds. The number of halogens is 1. The van der Waals surface area contributed by atoms with E-state index in [9.17, 15) is 4.39 Å². The number of unbranched alkanes of at least 4 members (excludes halogenated alkanes) is 5. The highest BCUT2D eigenvalue weighted by Crippen LogP contribution is 2.11. The summed E-state index contributed by atoms with van der Waals surface area (Å²) >= 11 is 0. The Morgan fingerprint density at radius 1 is 1.13 bits per heavy atom. The minimum atomic E-state index is -0.0812. The van der Waals surface area contributed by atoms with Gasteiger partial charge in [0.05, 0.1) is 0 Å². The lowest BCUT2D eigenvalue weighted by Crippen LogP contribution is -1.91. The van der Waals surface area contributed by atoms with Crippen molar-refractivity contribution in [2.75, 3.05) is 0 Å². The Labute approximate surface area is 92.5 Å². The first kappa shape index (κ1) is 12.2. The summed E-state index contributed by atoms with van der Waals surface area (Å²) in [5, 5.41) is 0. The fourth-order valence-corrected chi connectivity index (χ4v) is 1.64. The van der Waals surface area contributed by atoms with Gasteiger partial charge in [-0.2, -0.15) is 0 Å². The van der Waals surface area contributed by atoms with Gasteiger partial charge in [0.2, 0.25) is 0 Å². The van der Waals surface area contributed by atoms with Crippen LogP contribution in [0.25, 0.3) is 0 Å². The second-order valence-corrected chi connectivity index (χ2v) is 3.93. The first-order valence-corrected chi connectivity index (χ1v) is 5.89. The summed E-state index contributed by atoms with van der Waals surface area (Å²) in [5.41, 5.74) is 0.813. The third kappa shape index (κ3) is 4.96. The zero-order valence-electron chi connectivity index (χ0n) is 9.51. The van der Waals surface area contributed by atoms with Crippen LogP contribution in [-0.4, -0.2) is 0 Å². The molecule has 0 saturated carbocycles. The summed E-state index contributed by atoms with van der Waals surface area (Å²) < 4.78 is 13.2. The highest BCUT2D eigenvalue weighted by molar-refractivity contribution is 5.18. The van der Waals surface area contributed by atoms with E-state index in [2.05, 4.69) is 13.3 Å². The summed E-state index contributed by atoms with van der Waals surface area (Å²) in [6.07, 6.45) is 9.18. The molecule has 0 aliphatic rings. The van der Waals surface area contributed by atoms with E-state index in [0.29, 0.717) is 0 Å². The van der Waals surface area contributed by atoms with E-state index in [4.69, 9.17) is 0 Å². The number of hydrogen-bond donors (Lipinski definition) is 0. The molecule has 0 spiro atoms. The topological polar surface area (TPSA) is 0 Å². The average molecular weight is 207 g/mol. The number of hydrogen-bond acceptors (Lipinski definition) is 0. The third-order valence-electron chi connectivity index (χ3n) is 2.58. The molecular weight excluding hydrogens is 187 g/mol. The van der Waals surface area contributed by atoms with Crippen molar-refractivity contribution in [2.45, 2.75) is 45.4 Å². The van der Waals surface area contributed by atoms with Gasteiger partial charge in [0.25, 0.3) is 0 Å². The normalized spacial score (nSPS) is 10.5. The van der Waals surface area contributed by atoms with Gasteiger partial charge in [-0.1, -0.05) is 50.8 Å². The Kier molecular flexibility index (Phi) is 6.06. The Morgan fingerprint density at radius 3 is 2.67 bits per heavy atom. The first-order chi connectivity index (χ1) is 7.34. The van der Waals surface area contributed by atoms with Gasteiger partial charge in [0, 0.05) is 0 Å². The average Bonchev–Trinajstić information content (AvgIpc) is 2.25. The second-order valence-electron chi connectivity index (χ2n) is 3.93. The van der Waals surface area contributed by atoms with Gasteiger partial charge in [-0.25, -0.2) is 4.39 Å². The van der Waals surface area contributed by atoms with Crippen LogP contribution >= 0.6 is 0 Å². The van der Waals surface area contributed by atoms with Gasteiger partial charge in [0.15, 0.2) is 0 Å². The quantitative estimate of drug-likeness (QED) is 0.576. The maximum atomic E-state index is 13.2. The van der Waals surface area contributed by atoms with Gasteiger partial charge in [-0.3, -0.25) is 0 Å². The van der Waals surface area contributed by atoms with Crippen molar-refractivity contribution >= 4 is 0 Å². The molecule has 0 fully saturated rings. The minimum Gasteiger partial charge on any atom is -0.207 e. The largest absolute Gasteiger partial charge is 0.207 e. The van der Waals surface area contributed by atoms with Crippen LogP contribution in [0.5, 0.6) is 0 Å². The van der Waals surface area contributed by atoms with Crippen LogP contribution in [0, 0.1) is 12.2 Å². The Morgan fingerprint density at radius 2 is 1.93 bits per heavy atom. The van der Waals surface area contributed by atoms with Crippen LogP contribution in [0.3, 0.4) is 0 Å². The van der Waals surface area contributed by atoms with Crippen LogP contribution in [0.4, 0.5) is 4.39 Å². The van der Waals surface area contributed by atoms with Gasteiger partial charge in [-0.05, 0) is 30.9 Å². The number of benzene rings is 1. The second kappa shape index (κ2) is 7.44. The molecule has 0 unspecified atom stereocenters. The minimum absolute atomic E-state index is 0.0812. The third-order valence-corrected chi connectivity index (χ3v) is 2.58. The summed E-state index contributed by atoms with van der Waals surface area (Å²) in [5.74, 6) is -0.0812. The van der Waals surface area contributed by atoms with Crippen molar-refractivity contribution < 1.29 is 4.39 Å². The lowest BCUT2D eigenvalue weighted by atomic mass is 10.0. The molecule has 15 heavy (non-hydrogen) atoms. The molecule has 1 aromatic carbocycles. The standard InChI is InChI=1S/C14H20F/c1-2-3-4-5-6-7-10-13-11-8-9-12-14(13)15/h7-9,11-12H,2-6,10H2,1H3. The molecule has 83 valence electrons. The van der Waals surface area contributed by atoms with Gasteiger partial charge in [-0.15, -0.1) is 0 Å². The van der Waals surface area contributed by atoms with E-state index in [0.717, 1.165) is 18.4 Å². The predicted octanol–water partition coefficient (Wildman–Crippen LogP) is 4.54. The lowest BCUT2D eigenvalue weighted by molar-refractivity contribution is 0.608. The zero-order chi connectivity index (χ0) is 10.9. The van der Waals surface area contributed by atoms with E-state index in [1.807, 2.05) is 12.1 Å². The molecule has 0 atom stereocenters. The van der Waals surface area contributed by atoms with Crippen molar-refractivity contribution in [1.29, 1.82) is 0 Å². The van der Waals surface area contributed by atoms with Crippen molar-refractivity contribution in [1.82, 2.24) is 0 Å². The predicted molar refractivity (Wildman–Crippen MR) is 63.2 cm³/mol. The van der Waals surface area contributed by atoms with E-state index >= 15 is 0 Å². The molecule has 0 N–H and O–H groups in total. The molecule has 0 aromatic heterocycles. The molecule has 0 heterocycles. The summed E-state index contributed by atoms with van der Waals surface area (Å²) in [6, 6.07) is 7.02. The van der Waals surface area contributed by atoms with E-state index in [1.54, 1.807) is 6.07 Å². The Balaban J connectivity index is 2.12. The van der Waals surface area contributed by atoms with Gasteiger partial charge in [0.1, 0.15) is 5.82 Å². The Bertz CT molecular complexity index is 268. The van der Waals surface area contributed by atoms with E-state index in [-0.39, 0.29) is 5.82 Å². The van der Waals surface area contributed by atoms with Crippen molar-refractivity contribution in [3.63, 3.8) is 0 Å². The molecule has 1 aromatic rings. The zero-order valence-corrected chi connectivity index (χ0v) is 9.51. The van der Waals surface area contributed by atoms with Crippen LogP contribution in [0.2, 0.25) is 0 Å². The van der Waals surface area contributed by atoms with Gasteiger partial charge >= 0.3 is 0 Å². The summed E-state index contributed by atoms with van der Waals surface area (Å²) in [7, 11) is 0. The fraction of sp³-hybridized carbons (Fsp3) is 0.500. The van der Waals surface area contributed by atoms with E-state index in [1.165, 1.54) is 31.7 Å². The SMILES string of the molecule is CCCCCC[CH]Cc1ccccc1F. The van der Waals surface area contributed by atoms with Crippen molar-refractivity contribution in [2.24, 2.45) is 0 Å². The molecule has 0 saturated heterocycles. The lowest BCUT2D eigenvalue weighted by Gasteiger charge is -2.02. The van der Waals surface area contributed by atoms with Crippen molar-refractivity contribution in [3.05, 3.63) is 42.1 Å². The van der Waals surface area contributed by atoms with Crippen LogP contribution < -0.4 is 0 Å². The highest BCUT2D eigenvalue weighted by atomic mass is 19.1. The molecule has 1 radical (unpaired) electrons. The molecule has 0 bridgehead atoms. The maximum Gasteiger partial charge on any atom is 0.126 e. The number of rotatable bonds is 7. The maximum absolute atomic E-state index is 13.2. The Hall–Kier alpha value is -0.850. The molecule has 0 aliphatic heterocycles. The molecule has 1 rings (SSSR count). The van der Waals surface area contributed by atoms with E-state index < -0.39 is 0 Å². The molecule has 1 heteroatoms. The van der Waals surface area contributed by atoms with Crippen LogP contribution in [-0.2, 0) is 6.42 Å².